The van der Waals surface area contributed by atoms with Crippen molar-refractivity contribution in [2.24, 2.45) is 0 Å². The minimum Gasteiger partial charge on any atom is -0.496 e. The topological polar surface area (TPSA) is 58.6 Å². The molecule has 0 saturated carbocycles. The van der Waals surface area contributed by atoms with Gasteiger partial charge in [0.1, 0.15) is 5.75 Å². The Kier molecular flexibility index (Phi) is 6.83. The van der Waals surface area contributed by atoms with Gasteiger partial charge < -0.3 is 15.0 Å². The molecular formula is C19H21ClN2O3. The van der Waals surface area contributed by atoms with E-state index in [4.69, 9.17) is 16.3 Å². The quantitative estimate of drug-likeness (QED) is 0.825. The zero-order valence-electron chi connectivity index (χ0n) is 14.3. The molecule has 0 aliphatic carbocycles. The van der Waals surface area contributed by atoms with Crippen molar-refractivity contribution in [3.63, 3.8) is 0 Å². The third-order valence-corrected chi connectivity index (χ3v) is 4.14. The summed E-state index contributed by atoms with van der Waals surface area (Å²) in [6, 6.07) is 14.7. The molecular weight excluding hydrogens is 340 g/mol. The van der Waals surface area contributed by atoms with E-state index in [1.54, 1.807) is 13.2 Å². The molecule has 0 fully saturated rings. The van der Waals surface area contributed by atoms with E-state index in [1.165, 1.54) is 11.8 Å². The Morgan fingerprint density at radius 3 is 2.36 bits per heavy atom. The summed E-state index contributed by atoms with van der Waals surface area (Å²) >= 11 is 6.13. The summed E-state index contributed by atoms with van der Waals surface area (Å²) in [6.45, 7) is 2.03. The first-order chi connectivity index (χ1) is 12.0. The van der Waals surface area contributed by atoms with Crippen LogP contribution in [0.3, 0.4) is 0 Å². The van der Waals surface area contributed by atoms with E-state index in [0.717, 1.165) is 11.1 Å². The first kappa shape index (κ1) is 18.8. The molecule has 0 radical (unpaired) electrons. The summed E-state index contributed by atoms with van der Waals surface area (Å²) in [4.78, 5) is 25.5. The van der Waals surface area contributed by atoms with Crippen LogP contribution in [-0.2, 0) is 22.7 Å². The highest BCUT2D eigenvalue weighted by atomic mass is 35.5. The molecule has 132 valence electrons. The lowest BCUT2D eigenvalue weighted by Crippen LogP contribution is -2.39. The van der Waals surface area contributed by atoms with Crippen LogP contribution in [0, 0.1) is 0 Å². The number of carbonyl (C=O) groups excluding carboxylic acids is 2. The summed E-state index contributed by atoms with van der Waals surface area (Å²) < 4.78 is 5.26. The van der Waals surface area contributed by atoms with Crippen LogP contribution in [-0.4, -0.2) is 30.4 Å². The van der Waals surface area contributed by atoms with Gasteiger partial charge in [-0.15, -0.1) is 0 Å². The van der Waals surface area contributed by atoms with Crippen molar-refractivity contribution in [3.05, 3.63) is 64.7 Å². The molecule has 0 bridgehead atoms. The summed E-state index contributed by atoms with van der Waals surface area (Å²) in [6.07, 6.45) is 0. The van der Waals surface area contributed by atoms with Gasteiger partial charge >= 0.3 is 0 Å². The summed E-state index contributed by atoms with van der Waals surface area (Å²) in [5.41, 5.74) is 1.68. The Hall–Kier alpha value is -2.53. The Morgan fingerprint density at radius 1 is 1.08 bits per heavy atom. The average molecular weight is 361 g/mol. The van der Waals surface area contributed by atoms with E-state index < -0.39 is 0 Å². The minimum absolute atomic E-state index is 0.0320. The van der Waals surface area contributed by atoms with Crippen molar-refractivity contribution in [1.82, 2.24) is 10.2 Å². The Bertz CT molecular complexity index is 749. The van der Waals surface area contributed by atoms with Crippen molar-refractivity contribution < 1.29 is 14.3 Å². The van der Waals surface area contributed by atoms with Crippen LogP contribution in [0.1, 0.15) is 18.1 Å². The Morgan fingerprint density at radius 2 is 1.72 bits per heavy atom. The second-order valence-corrected chi connectivity index (χ2v) is 5.96. The second kappa shape index (κ2) is 9.08. The molecule has 0 aliphatic heterocycles. The Labute approximate surface area is 152 Å². The normalized spacial score (nSPS) is 10.2. The Balaban J connectivity index is 1.96. The lowest BCUT2D eigenvalue weighted by Gasteiger charge is -2.21. The number of nitrogens with zero attached hydrogens (tertiary/aromatic N) is 1. The lowest BCUT2D eigenvalue weighted by molar-refractivity contribution is -0.135. The fourth-order valence-corrected chi connectivity index (χ4v) is 2.58. The fraction of sp³-hybridized carbons (Fsp3) is 0.263. The predicted octanol–water partition coefficient (Wildman–Crippen LogP) is 3.01. The number of ether oxygens (including phenoxy) is 1. The van der Waals surface area contributed by atoms with E-state index in [9.17, 15) is 9.59 Å². The van der Waals surface area contributed by atoms with Gasteiger partial charge in [-0.3, -0.25) is 9.59 Å². The predicted molar refractivity (Wildman–Crippen MR) is 97.4 cm³/mol. The largest absolute Gasteiger partial charge is 0.496 e. The first-order valence-electron chi connectivity index (χ1n) is 7.88. The van der Waals surface area contributed by atoms with E-state index in [1.807, 2.05) is 42.5 Å². The fourth-order valence-electron chi connectivity index (χ4n) is 2.38. The zero-order valence-corrected chi connectivity index (χ0v) is 15.0. The van der Waals surface area contributed by atoms with E-state index in [0.29, 0.717) is 17.3 Å². The molecule has 0 spiro atoms. The average Bonchev–Trinajstić information content (AvgIpc) is 2.61. The SMILES string of the molecule is COc1ccccc1CNC(=O)CN(Cc1ccccc1Cl)C(C)=O. The van der Waals surface area contributed by atoms with Crippen LogP contribution < -0.4 is 10.1 Å². The van der Waals surface area contributed by atoms with Gasteiger partial charge in [0, 0.05) is 30.6 Å². The number of benzene rings is 2. The highest BCUT2D eigenvalue weighted by Gasteiger charge is 2.15. The monoisotopic (exact) mass is 360 g/mol. The van der Waals surface area contributed by atoms with Crippen molar-refractivity contribution >= 4 is 23.4 Å². The molecule has 0 aliphatic rings. The lowest BCUT2D eigenvalue weighted by atomic mass is 10.2. The number of halogens is 1. The molecule has 2 aromatic rings. The highest BCUT2D eigenvalue weighted by molar-refractivity contribution is 6.31. The van der Waals surface area contributed by atoms with Gasteiger partial charge in [-0.25, -0.2) is 0 Å². The maximum absolute atomic E-state index is 12.2. The van der Waals surface area contributed by atoms with Gasteiger partial charge in [-0.05, 0) is 17.7 Å². The molecule has 0 heterocycles. The summed E-state index contributed by atoms with van der Waals surface area (Å²) in [5.74, 6) is 0.280. The van der Waals surface area contributed by atoms with Crippen molar-refractivity contribution in [3.8, 4) is 5.75 Å². The van der Waals surface area contributed by atoms with Gasteiger partial charge in [-0.2, -0.15) is 0 Å². The molecule has 2 aromatic carbocycles. The molecule has 0 atom stereocenters. The summed E-state index contributed by atoms with van der Waals surface area (Å²) in [5, 5.41) is 3.39. The van der Waals surface area contributed by atoms with E-state index in [-0.39, 0.29) is 24.9 Å². The minimum atomic E-state index is -0.242. The van der Waals surface area contributed by atoms with Crippen molar-refractivity contribution in [2.75, 3.05) is 13.7 Å². The zero-order chi connectivity index (χ0) is 18.2. The second-order valence-electron chi connectivity index (χ2n) is 5.56. The number of amides is 2. The third-order valence-electron chi connectivity index (χ3n) is 3.77. The van der Waals surface area contributed by atoms with Gasteiger partial charge in [0.05, 0.1) is 13.7 Å². The molecule has 2 rings (SSSR count). The van der Waals surface area contributed by atoms with Crippen LogP contribution in [0.25, 0.3) is 0 Å². The number of nitrogens with one attached hydrogen (secondary N) is 1. The van der Waals surface area contributed by atoms with Gasteiger partial charge in [-0.1, -0.05) is 48.0 Å². The van der Waals surface area contributed by atoms with E-state index in [2.05, 4.69) is 5.32 Å². The first-order valence-corrected chi connectivity index (χ1v) is 8.26. The van der Waals surface area contributed by atoms with Crippen LogP contribution in [0.2, 0.25) is 5.02 Å². The molecule has 25 heavy (non-hydrogen) atoms. The number of methoxy groups -OCH3 is 1. The van der Waals surface area contributed by atoms with Crippen molar-refractivity contribution in [1.29, 1.82) is 0 Å². The molecule has 5 nitrogen and oxygen atoms in total. The molecule has 2 amide bonds. The number of para-hydroxylation sites is 1. The standard InChI is InChI=1S/C19H21ClN2O3/c1-14(23)22(12-16-8-3-5-9-17(16)20)13-19(24)21-11-15-7-4-6-10-18(15)25-2/h3-10H,11-13H2,1-2H3,(H,21,24). The maximum atomic E-state index is 12.2. The van der Waals surface area contributed by atoms with Crippen LogP contribution in [0.15, 0.2) is 48.5 Å². The molecule has 6 heteroatoms. The van der Waals surface area contributed by atoms with Crippen LogP contribution >= 0.6 is 11.6 Å². The number of hydrogen-bond donors (Lipinski definition) is 1. The van der Waals surface area contributed by atoms with Gasteiger partial charge in [0.2, 0.25) is 11.8 Å². The van der Waals surface area contributed by atoms with E-state index >= 15 is 0 Å². The number of carbonyl (C=O) groups is 2. The van der Waals surface area contributed by atoms with Crippen LogP contribution in [0.5, 0.6) is 5.75 Å². The third kappa shape index (κ3) is 5.50. The smallest absolute Gasteiger partial charge is 0.239 e. The molecule has 0 saturated heterocycles. The molecule has 1 N–H and O–H groups in total. The highest BCUT2D eigenvalue weighted by Crippen LogP contribution is 2.18. The molecule has 0 aromatic heterocycles. The van der Waals surface area contributed by atoms with Gasteiger partial charge in [0.25, 0.3) is 0 Å². The maximum Gasteiger partial charge on any atom is 0.239 e. The van der Waals surface area contributed by atoms with Crippen LogP contribution in [0.4, 0.5) is 0 Å². The van der Waals surface area contributed by atoms with Crippen molar-refractivity contribution in [2.45, 2.75) is 20.0 Å². The number of hydrogen-bond acceptors (Lipinski definition) is 3. The number of rotatable bonds is 7. The molecule has 0 unspecified atom stereocenters. The summed E-state index contributed by atoms with van der Waals surface area (Å²) in [7, 11) is 1.59. The van der Waals surface area contributed by atoms with Gasteiger partial charge in [0.15, 0.2) is 0 Å².